The summed E-state index contributed by atoms with van der Waals surface area (Å²) in [6, 6.07) is -2.84. The molecule has 15 nitrogen and oxygen atoms in total. The second kappa shape index (κ2) is 14.1. The number of aliphatic hydroxyl groups is 6. The SMILES string of the molecule is CC(O)C(O)C(N)C(OCCO)ON(C)C(N)CC(N)[C@@H](O)OC1OC([C@H](C)N)C(O)C1O. The van der Waals surface area contributed by atoms with Crippen LogP contribution >= 0.6 is 0 Å². The molecule has 0 aromatic carbocycles. The molecule has 0 aromatic heterocycles. The molecule has 0 radical (unpaired) electrons. The van der Waals surface area contributed by atoms with E-state index in [1.54, 1.807) is 6.92 Å². The molecule has 1 aliphatic heterocycles. The Hall–Kier alpha value is -0.600. The van der Waals surface area contributed by atoms with Crippen LogP contribution in [0, 0.1) is 0 Å². The van der Waals surface area contributed by atoms with Crippen LogP contribution < -0.4 is 22.9 Å². The highest BCUT2D eigenvalue weighted by atomic mass is 16.8. The monoisotopic (exact) mass is 487 g/mol. The third-order valence-corrected chi connectivity index (χ3v) is 5.24. The second-order valence-corrected chi connectivity index (χ2v) is 8.23. The average molecular weight is 488 g/mol. The molecule has 0 saturated carbocycles. The molecule has 1 saturated heterocycles. The van der Waals surface area contributed by atoms with Gasteiger partial charge in [-0.25, -0.2) is 0 Å². The number of ether oxygens (including phenoxy) is 3. The molecule has 1 rings (SSSR count). The van der Waals surface area contributed by atoms with Gasteiger partial charge in [-0.05, 0) is 20.3 Å². The van der Waals surface area contributed by atoms with E-state index in [-0.39, 0.29) is 19.6 Å². The fraction of sp³-hybridized carbons (Fsp3) is 1.00. The van der Waals surface area contributed by atoms with Crippen LogP contribution in [0.2, 0.25) is 0 Å². The van der Waals surface area contributed by atoms with Crippen molar-refractivity contribution in [3.63, 3.8) is 0 Å². The number of aliphatic hydroxyl groups excluding tert-OH is 6. The third-order valence-electron chi connectivity index (χ3n) is 5.24. The van der Waals surface area contributed by atoms with Crippen molar-refractivity contribution >= 4 is 0 Å². The molecule has 0 spiro atoms. The second-order valence-electron chi connectivity index (χ2n) is 8.23. The van der Waals surface area contributed by atoms with Gasteiger partial charge in [0.05, 0.1) is 43.7 Å². The molecule has 0 amide bonds. The fourth-order valence-electron chi connectivity index (χ4n) is 3.11. The van der Waals surface area contributed by atoms with E-state index in [0.717, 1.165) is 5.06 Å². The minimum atomic E-state index is -1.62. The number of hydrogen-bond acceptors (Lipinski definition) is 15. The van der Waals surface area contributed by atoms with Crippen LogP contribution in [0.5, 0.6) is 0 Å². The molecule has 0 aliphatic carbocycles. The maximum atomic E-state index is 10.3. The Morgan fingerprint density at radius 1 is 1.03 bits per heavy atom. The molecule has 15 heteroatoms. The summed E-state index contributed by atoms with van der Waals surface area (Å²) >= 11 is 0. The van der Waals surface area contributed by atoms with Gasteiger partial charge in [-0.2, -0.15) is 5.06 Å². The lowest BCUT2D eigenvalue weighted by Crippen LogP contribution is -2.55. The van der Waals surface area contributed by atoms with Gasteiger partial charge in [0.2, 0.25) is 0 Å². The molecule has 12 atom stereocenters. The Morgan fingerprint density at radius 3 is 2.12 bits per heavy atom. The summed E-state index contributed by atoms with van der Waals surface area (Å²) in [5, 5.41) is 59.9. The lowest BCUT2D eigenvalue weighted by Gasteiger charge is -2.34. The van der Waals surface area contributed by atoms with Gasteiger partial charge in [-0.1, -0.05) is 0 Å². The van der Waals surface area contributed by atoms with E-state index >= 15 is 0 Å². The summed E-state index contributed by atoms with van der Waals surface area (Å²) in [5.74, 6) is 0. The van der Waals surface area contributed by atoms with Gasteiger partial charge in [-0.3, -0.25) is 4.84 Å². The number of nitrogens with two attached hydrogens (primary N) is 4. The van der Waals surface area contributed by atoms with Crippen molar-refractivity contribution in [2.24, 2.45) is 22.9 Å². The first-order chi connectivity index (χ1) is 15.3. The minimum Gasteiger partial charge on any atom is -0.394 e. The van der Waals surface area contributed by atoms with E-state index in [1.807, 2.05) is 0 Å². The summed E-state index contributed by atoms with van der Waals surface area (Å²) in [7, 11) is 1.43. The van der Waals surface area contributed by atoms with Crippen LogP contribution in [0.25, 0.3) is 0 Å². The van der Waals surface area contributed by atoms with Gasteiger partial charge in [0.25, 0.3) is 0 Å². The normalized spacial score (nSPS) is 31.1. The van der Waals surface area contributed by atoms with Crippen molar-refractivity contribution in [1.82, 2.24) is 5.06 Å². The van der Waals surface area contributed by atoms with Crippen molar-refractivity contribution in [1.29, 1.82) is 0 Å². The highest BCUT2D eigenvalue weighted by Crippen LogP contribution is 2.25. The quantitative estimate of drug-likeness (QED) is 0.0762. The number of nitrogens with zero attached hydrogens (tertiary/aromatic N) is 1. The van der Waals surface area contributed by atoms with E-state index in [9.17, 15) is 25.5 Å². The smallest absolute Gasteiger partial charge is 0.195 e. The zero-order valence-electron chi connectivity index (χ0n) is 19.1. The van der Waals surface area contributed by atoms with Crippen LogP contribution in [0.4, 0.5) is 0 Å². The number of hydroxylamine groups is 2. The zero-order valence-corrected chi connectivity index (χ0v) is 19.1. The molecule has 1 aliphatic rings. The van der Waals surface area contributed by atoms with Crippen LogP contribution in [0.1, 0.15) is 20.3 Å². The third kappa shape index (κ3) is 8.84. The topological polar surface area (TPSA) is 266 Å². The van der Waals surface area contributed by atoms with Crippen molar-refractivity contribution in [3.05, 3.63) is 0 Å². The molecular formula is C18H41N5O10. The lowest BCUT2D eigenvalue weighted by molar-refractivity contribution is -0.302. The molecule has 0 aromatic rings. The molecule has 198 valence electrons. The zero-order chi connectivity index (χ0) is 25.5. The lowest BCUT2D eigenvalue weighted by atomic mass is 10.1. The van der Waals surface area contributed by atoms with E-state index in [1.165, 1.54) is 14.0 Å². The molecule has 14 N–H and O–H groups in total. The van der Waals surface area contributed by atoms with Gasteiger partial charge in [0.15, 0.2) is 18.9 Å². The Bertz CT molecular complexity index is 551. The molecule has 1 fully saturated rings. The highest BCUT2D eigenvalue weighted by Gasteiger charge is 2.46. The van der Waals surface area contributed by atoms with E-state index < -0.39 is 73.7 Å². The summed E-state index contributed by atoms with van der Waals surface area (Å²) < 4.78 is 15.9. The Balaban J connectivity index is 2.65. The summed E-state index contributed by atoms with van der Waals surface area (Å²) in [5.41, 5.74) is 23.6. The van der Waals surface area contributed by atoms with E-state index in [4.69, 9.17) is 47.1 Å². The Kier molecular flexibility index (Phi) is 13.0. The van der Waals surface area contributed by atoms with Crippen LogP contribution in [0.3, 0.4) is 0 Å². The predicted molar refractivity (Wildman–Crippen MR) is 113 cm³/mol. The van der Waals surface area contributed by atoms with Crippen molar-refractivity contribution in [2.45, 2.75) is 93.9 Å². The maximum absolute atomic E-state index is 10.3. The Labute approximate surface area is 192 Å². The highest BCUT2D eigenvalue weighted by molar-refractivity contribution is 4.91. The van der Waals surface area contributed by atoms with Crippen molar-refractivity contribution < 1.29 is 49.7 Å². The van der Waals surface area contributed by atoms with Crippen LogP contribution in [-0.2, 0) is 19.0 Å². The first kappa shape index (κ1) is 30.4. The summed E-state index contributed by atoms with van der Waals surface area (Å²) in [6.07, 6.45) is -11.4. The standard InChI is InChI=1S/C18H41N5O10/c1-7(19)15-13(27)14(28)18(31-15)32-16(29)9(20)6-10(21)23(3)33-17(30-5-4-24)11(22)12(26)8(2)25/h7-18,24-29H,4-6,19-22H2,1-3H3/t7-,8?,9?,10?,11?,12?,13?,14?,15?,16-,17?,18?/m0/s1. The first-order valence-electron chi connectivity index (χ1n) is 10.7. The molecule has 33 heavy (non-hydrogen) atoms. The minimum absolute atomic E-state index is 0.0827. The molecule has 1 heterocycles. The number of rotatable bonds is 15. The molecule has 10 unspecified atom stereocenters. The van der Waals surface area contributed by atoms with Crippen LogP contribution in [0.15, 0.2) is 0 Å². The summed E-state index contributed by atoms with van der Waals surface area (Å²) in [6.45, 7) is 2.43. The van der Waals surface area contributed by atoms with Gasteiger partial charge in [0.1, 0.15) is 18.3 Å². The number of hydrogen-bond donors (Lipinski definition) is 10. The van der Waals surface area contributed by atoms with Gasteiger partial charge >= 0.3 is 0 Å². The molecule has 0 bridgehead atoms. The van der Waals surface area contributed by atoms with Gasteiger partial charge < -0.3 is 67.8 Å². The average Bonchev–Trinajstić information content (AvgIpc) is 3.03. The molecular weight excluding hydrogens is 446 g/mol. The van der Waals surface area contributed by atoms with Crippen molar-refractivity contribution in [3.8, 4) is 0 Å². The predicted octanol–water partition coefficient (Wildman–Crippen LogP) is -5.62. The van der Waals surface area contributed by atoms with Crippen molar-refractivity contribution in [2.75, 3.05) is 20.3 Å². The first-order valence-corrected chi connectivity index (χ1v) is 10.7. The maximum Gasteiger partial charge on any atom is 0.195 e. The van der Waals surface area contributed by atoms with E-state index in [2.05, 4.69) is 0 Å². The fourth-order valence-corrected chi connectivity index (χ4v) is 3.11. The Morgan fingerprint density at radius 2 is 1.64 bits per heavy atom. The van der Waals surface area contributed by atoms with Gasteiger partial charge in [0, 0.05) is 13.1 Å². The van der Waals surface area contributed by atoms with Gasteiger partial charge in [-0.15, -0.1) is 0 Å². The van der Waals surface area contributed by atoms with E-state index in [0.29, 0.717) is 0 Å². The largest absolute Gasteiger partial charge is 0.394 e. The summed E-state index contributed by atoms with van der Waals surface area (Å²) in [4.78, 5) is 5.52. The van der Waals surface area contributed by atoms with Crippen LogP contribution in [-0.4, -0.2) is 130 Å².